The number of rotatable bonds is 3. The zero-order valence-electron chi connectivity index (χ0n) is 5.79. The van der Waals surface area contributed by atoms with Gasteiger partial charge in [0.2, 0.25) is 0 Å². The lowest BCUT2D eigenvalue weighted by Gasteiger charge is -2.01. The van der Waals surface area contributed by atoms with Crippen LogP contribution >= 0.6 is 11.3 Å². The van der Waals surface area contributed by atoms with Gasteiger partial charge in [0.1, 0.15) is 0 Å². The van der Waals surface area contributed by atoms with Crippen LogP contribution in [0, 0.1) is 0 Å². The zero-order valence-corrected chi connectivity index (χ0v) is 6.60. The molecule has 1 rings (SSSR count). The summed E-state index contributed by atoms with van der Waals surface area (Å²) in [5.41, 5.74) is 6.95. The van der Waals surface area contributed by atoms with Crippen LogP contribution in [0.1, 0.15) is 5.56 Å². The summed E-state index contributed by atoms with van der Waals surface area (Å²) < 4.78 is 0. The van der Waals surface area contributed by atoms with Crippen molar-refractivity contribution >= 4 is 11.3 Å². The Kier molecular flexibility index (Phi) is 2.66. The van der Waals surface area contributed by atoms with E-state index in [0.717, 1.165) is 6.42 Å². The van der Waals surface area contributed by atoms with Crippen molar-refractivity contribution in [3.05, 3.63) is 35.0 Å². The average molecular weight is 153 g/mol. The molecule has 2 N–H and O–H groups in total. The molecule has 0 aliphatic heterocycles. The third-order valence-electron chi connectivity index (χ3n) is 1.35. The molecule has 1 heterocycles. The van der Waals surface area contributed by atoms with Gasteiger partial charge in [0.15, 0.2) is 0 Å². The monoisotopic (exact) mass is 153 g/mol. The Balaban J connectivity index is 2.47. The van der Waals surface area contributed by atoms with E-state index in [9.17, 15) is 0 Å². The first kappa shape index (κ1) is 7.51. The van der Waals surface area contributed by atoms with E-state index < -0.39 is 0 Å². The van der Waals surface area contributed by atoms with Gasteiger partial charge in [-0.3, -0.25) is 0 Å². The number of hydrogen-bond acceptors (Lipinski definition) is 2. The first-order valence-corrected chi connectivity index (χ1v) is 4.16. The first-order chi connectivity index (χ1) is 4.83. The third-order valence-corrected chi connectivity index (χ3v) is 2.09. The molecule has 54 valence electrons. The molecule has 1 aromatic rings. The van der Waals surface area contributed by atoms with Gasteiger partial charge in [-0.05, 0) is 28.8 Å². The van der Waals surface area contributed by atoms with E-state index in [-0.39, 0.29) is 6.04 Å². The quantitative estimate of drug-likeness (QED) is 0.658. The molecule has 0 bridgehead atoms. The third kappa shape index (κ3) is 1.97. The van der Waals surface area contributed by atoms with Crippen molar-refractivity contribution < 1.29 is 0 Å². The number of thiophene rings is 1. The van der Waals surface area contributed by atoms with E-state index in [1.165, 1.54) is 5.56 Å². The molecule has 0 radical (unpaired) electrons. The van der Waals surface area contributed by atoms with E-state index in [1.807, 2.05) is 0 Å². The highest BCUT2D eigenvalue weighted by Crippen LogP contribution is 2.07. The second-order valence-corrected chi connectivity index (χ2v) is 3.02. The SMILES string of the molecule is C=CC(N)Cc1ccsc1. The van der Waals surface area contributed by atoms with Gasteiger partial charge in [-0.25, -0.2) is 0 Å². The normalized spacial score (nSPS) is 12.9. The van der Waals surface area contributed by atoms with Crippen molar-refractivity contribution in [3.8, 4) is 0 Å². The second kappa shape index (κ2) is 3.54. The van der Waals surface area contributed by atoms with Gasteiger partial charge in [0.25, 0.3) is 0 Å². The highest BCUT2D eigenvalue weighted by atomic mass is 32.1. The van der Waals surface area contributed by atoms with Crippen LogP contribution < -0.4 is 5.73 Å². The number of nitrogens with two attached hydrogens (primary N) is 1. The predicted octanol–water partition coefficient (Wildman–Crippen LogP) is 1.80. The van der Waals surface area contributed by atoms with Gasteiger partial charge < -0.3 is 5.73 Å². The Morgan fingerprint density at radius 3 is 3.10 bits per heavy atom. The molecule has 0 amide bonds. The van der Waals surface area contributed by atoms with Crippen molar-refractivity contribution in [2.75, 3.05) is 0 Å². The summed E-state index contributed by atoms with van der Waals surface area (Å²) >= 11 is 1.70. The van der Waals surface area contributed by atoms with Gasteiger partial charge in [-0.2, -0.15) is 11.3 Å². The molecule has 1 unspecified atom stereocenters. The van der Waals surface area contributed by atoms with E-state index in [0.29, 0.717) is 0 Å². The Labute approximate surface area is 65.2 Å². The van der Waals surface area contributed by atoms with Crippen LogP contribution in [-0.2, 0) is 6.42 Å². The van der Waals surface area contributed by atoms with Crippen molar-refractivity contribution in [1.29, 1.82) is 0 Å². The molecular weight excluding hydrogens is 142 g/mol. The van der Waals surface area contributed by atoms with E-state index in [1.54, 1.807) is 17.4 Å². The van der Waals surface area contributed by atoms with Crippen molar-refractivity contribution in [1.82, 2.24) is 0 Å². The molecule has 2 heteroatoms. The van der Waals surface area contributed by atoms with Crippen LogP contribution in [0.5, 0.6) is 0 Å². The highest BCUT2D eigenvalue weighted by molar-refractivity contribution is 7.07. The van der Waals surface area contributed by atoms with Crippen LogP contribution in [-0.4, -0.2) is 6.04 Å². The Morgan fingerprint density at radius 2 is 2.60 bits per heavy atom. The molecule has 10 heavy (non-hydrogen) atoms. The summed E-state index contributed by atoms with van der Waals surface area (Å²) in [4.78, 5) is 0. The molecule has 0 aliphatic rings. The molecule has 0 aliphatic carbocycles. The molecule has 1 atom stereocenters. The topological polar surface area (TPSA) is 26.0 Å². The molecule has 0 fully saturated rings. The first-order valence-electron chi connectivity index (χ1n) is 3.22. The van der Waals surface area contributed by atoms with E-state index >= 15 is 0 Å². The minimum absolute atomic E-state index is 0.106. The van der Waals surface area contributed by atoms with Crippen LogP contribution in [0.2, 0.25) is 0 Å². The van der Waals surface area contributed by atoms with Gasteiger partial charge >= 0.3 is 0 Å². The summed E-state index contributed by atoms with van der Waals surface area (Å²) in [5, 5.41) is 4.18. The fourth-order valence-electron chi connectivity index (χ4n) is 0.764. The standard InChI is InChI=1S/C8H11NS/c1-2-8(9)5-7-3-4-10-6-7/h2-4,6,8H,1,5,9H2. The fraction of sp³-hybridized carbons (Fsp3) is 0.250. The maximum absolute atomic E-state index is 5.65. The van der Waals surface area contributed by atoms with Crippen molar-refractivity contribution in [2.24, 2.45) is 5.73 Å². The van der Waals surface area contributed by atoms with Crippen LogP contribution in [0.4, 0.5) is 0 Å². The van der Waals surface area contributed by atoms with Gasteiger partial charge in [-0.1, -0.05) is 6.08 Å². The fourth-order valence-corrected chi connectivity index (χ4v) is 1.45. The molecule has 0 aromatic carbocycles. The van der Waals surface area contributed by atoms with Crippen molar-refractivity contribution in [2.45, 2.75) is 12.5 Å². The lowest BCUT2D eigenvalue weighted by atomic mass is 10.1. The van der Waals surface area contributed by atoms with Crippen LogP contribution in [0.25, 0.3) is 0 Å². The van der Waals surface area contributed by atoms with Gasteiger partial charge in [-0.15, -0.1) is 6.58 Å². The smallest absolute Gasteiger partial charge is 0.0262 e. The van der Waals surface area contributed by atoms with Crippen LogP contribution in [0.15, 0.2) is 29.5 Å². The van der Waals surface area contributed by atoms with E-state index in [2.05, 4.69) is 23.4 Å². The zero-order chi connectivity index (χ0) is 7.40. The van der Waals surface area contributed by atoms with E-state index in [4.69, 9.17) is 5.73 Å². The molecule has 0 saturated heterocycles. The largest absolute Gasteiger partial charge is 0.324 e. The molecule has 1 aromatic heterocycles. The molecule has 0 spiro atoms. The lowest BCUT2D eigenvalue weighted by Crippen LogP contribution is -2.18. The Morgan fingerprint density at radius 1 is 1.80 bits per heavy atom. The molecular formula is C8H11NS. The number of hydrogen-bond donors (Lipinski definition) is 1. The van der Waals surface area contributed by atoms with Crippen LogP contribution in [0.3, 0.4) is 0 Å². The lowest BCUT2D eigenvalue weighted by molar-refractivity contribution is 0.815. The summed E-state index contributed by atoms with van der Waals surface area (Å²) in [5.74, 6) is 0. The summed E-state index contributed by atoms with van der Waals surface area (Å²) in [7, 11) is 0. The van der Waals surface area contributed by atoms with Crippen molar-refractivity contribution in [3.63, 3.8) is 0 Å². The summed E-state index contributed by atoms with van der Waals surface area (Å²) in [6, 6.07) is 2.20. The second-order valence-electron chi connectivity index (χ2n) is 2.24. The maximum atomic E-state index is 5.65. The summed E-state index contributed by atoms with van der Waals surface area (Å²) in [6.07, 6.45) is 2.69. The minimum Gasteiger partial charge on any atom is -0.324 e. The molecule has 1 nitrogen and oxygen atoms in total. The molecule has 0 saturated carbocycles. The highest BCUT2D eigenvalue weighted by Gasteiger charge is 1.97. The van der Waals surface area contributed by atoms with Gasteiger partial charge in [0.05, 0.1) is 0 Å². The maximum Gasteiger partial charge on any atom is 0.0262 e. The average Bonchev–Trinajstić information content (AvgIpc) is 2.40. The predicted molar refractivity (Wildman–Crippen MR) is 46.2 cm³/mol. The Hall–Kier alpha value is -0.600. The van der Waals surface area contributed by atoms with Gasteiger partial charge in [0, 0.05) is 6.04 Å². The Bertz CT molecular complexity index is 191. The summed E-state index contributed by atoms with van der Waals surface area (Å²) in [6.45, 7) is 3.62. The minimum atomic E-state index is 0.106.